The maximum absolute atomic E-state index is 12.1. The third-order valence-electron chi connectivity index (χ3n) is 2.27. The molecule has 7 heteroatoms. The number of anilines is 1. The van der Waals surface area contributed by atoms with Crippen LogP contribution in [-0.2, 0) is 4.79 Å². The fourth-order valence-electron chi connectivity index (χ4n) is 1.44. The predicted octanol–water partition coefficient (Wildman–Crippen LogP) is 2.71. The second-order valence-electron chi connectivity index (χ2n) is 4.01. The molecule has 20 heavy (non-hydrogen) atoms. The van der Waals surface area contributed by atoms with Crippen LogP contribution in [0, 0.1) is 0 Å². The first kappa shape index (κ1) is 15.9. The quantitative estimate of drug-likeness (QED) is 0.647. The number of halogens is 3. The van der Waals surface area contributed by atoms with Crippen LogP contribution in [0.4, 0.5) is 18.9 Å². The topological polar surface area (TPSA) is 64.3 Å². The van der Waals surface area contributed by atoms with Gasteiger partial charge in [-0.2, -0.15) is 0 Å². The van der Waals surface area contributed by atoms with Crippen molar-refractivity contribution in [1.29, 1.82) is 0 Å². The van der Waals surface area contributed by atoms with E-state index in [9.17, 15) is 18.0 Å². The van der Waals surface area contributed by atoms with Crippen molar-refractivity contribution in [3.63, 3.8) is 0 Å². The molecule has 0 atom stereocenters. The number of amides is 1. The van der Waals surface area contributed by atoms with E-state index in [1.54, 1.807) is 12.2 Å². The summed E-state index contributed by atoms with van der Waals surface area (Å²) in [5, 5.41) is 2.59. The summed E-state index contributed by atoms with van der Waals surface area (Å²) < 4.78 is 40.1. The summed E-state index contributed by atoms with van der Waals surface area (Å²) in [4.78, 5) is 10.6. The number of benzene rings is 1. The van der Waals surface area contributed by atoms with E-state index in [0.29, 0.717) is 24.2 Å². The molecule has 0 radical (unpaired) electrons. The van der Waals surface area contributed by atoms with Gasteiger partial charge in [0.15, 0.2) is 0 Å². The molecule has 0 aliphatic rings. The number of hydrogen-bond acceptors (Lipinski definition) is 3. The normalized spacial score (nSPS) is 11.6. The minimum Gasteiger partial charge on any atom is -0.406 e. The standard InChI is InChI=1S/C13H15F3N2O2/c1-9(19)18-7-3-2-4-10-8-11(5-6-12(10)17)20-13(14,15)16/h2,4-6,8H,3,7,17H2,1H3,(H,18,19). The molecule has 1 amide bonds. The summed E-state index contributed by atoms with van der Waals surface area (Å²) in [6.07, 6.45) is -0.898. The lowest BCUT2D eigenvalue weighted by Crippen LogP contribution is -2.20. The van der Waals surface area contributed by atoms with E-state index in [1.807, 2.05) is 0 Å². The summed E-state index contributed by atoms with van der Waals surface area (Å²) in [7, 11) is 0. The molecule has 110 valence electrons. The first-order valence-electron chi connectivity index (χ1n) is 5.84. The van der Waals surface area contributed by atoms with Gasteiger partial charge in [-0.25, -0.2) is 0 Å². The van der Waals surface area contributed by atoms with Crippen molar-refractivity contribution in [3.8, 4) is 5.75 Å². The lowest BCUT2D eigenvalue weighted by Gasteiger charge is -2.10. The van der Waals surface area contributed by atoms with E-state index < -0.39 is 6.36 Å². The predicted molar refractivity (Wildman–Crippen MR) is 69.9 cm³/mol. The molecule has 0 spiro atoms. The Morgan fingerprint density at radius 1 is 1.45 bits per heavy atom. The first-order valence-corrected chi connectivity index (χ1v) is 5.84. The molecule has 0 aliphatic heterocycles. The van der Waals surface area contributed by atoms with Gasteiger partial charge in [-0.15, -0.1) is 13.2 Å². The van der Waals surface area contributed by atoms with Crippen LogP contribution in [0.25, 0.3) is 6.08 Å². The first-order chi connectivity index (χ1) is 9.28. The number of alkyl halides is 3. The summed E-state index contributed by atoms with van der Waals surface area (Å²) in [6.45, 7) is 1.85. The monoisotopic (exact) mass is 288 g/mol. The maximum atomic E-state index is 12.1. The second kappa shape index (κ2) is 6.83. The van der Waals surface area contributed by atoms with Crippen LogP contribution in [0.15, 0.2) is 24.3 Å². The van der Waals surface area contributed by atoms with Crippen molar-refractivity contribution >= 4 is 17.7 Å². The number of nitrogen functional groups attached to an aromatic ring is 1. The van der Waals surface area contributed by atoms with Crippen LogP contribution in [-0.4, -0.2) is 18.8 Å². The van der Waals surface area contributed by atoms with Gasteiger partial charge in [0.2, 0.25) is 5.91 Å². The SMILES string of the molecule is CC(=O)NCCC=Cc1cc(OC(F)(F)F)ccc1N. The van der Waals surface area contributed by atoms with Crippen molar-refractivity contribution in [1.82, 2.24) is 5.32 Å². The Bertz CT molecular complexity index is 499. The summed E-state index contributed by atoms with van der Waals surface area (Å²) >= 11 is 0. The Morgan fingerprint density at radius 3 is 2.75 bits per heavy atom. The average molecular weight is 288 g/mol. The van der Waals surface area contributed by atoms with E-state index in [-0.39, 0.29) is 11.7 Å². The fourth-order valence-corrected chi connectivity index (χ4v) is 1.44. The molecule has 0 aliphatic carbocycles. The zero-order valence-corrected chi connectivity index (χ0v) is 10.8. The molecule has 0 fully saturated rings. The zero-order chi connectivity index (χ0) is 15.2. The van der Waals surface area contributed by atoms with Gasteiger partial charge in [-0.05, 0) is 24.6 Å². The van der Waals surface area contributed by atoms with Crippen molar-refractivity contribution < 1.29 is 22.7 Å². The molecule has 0 aromatic heterocycles. The molecule has 1 rings (SSSR count). The summed E-state index contributed by atoms with van der Waals surface area (Å²) in [6, 6.07) is 3.70. The maximum Gasteiger partial charge on any atom is 0.573 e. The van der Waals surface area contributed by atoms with Gasteiger partial charge in [0.1, 0.15) is 5.75 Å². The highest BCUT2D eigenvalue weighted by Crippen LogP contribution is 2.26. The van der Waals surface area contributed by atoms with E-state index in [2.05, 4.69) is 10.1 Å². The molecule has 0 heterocycles. The number of carbonyl (C=O) groups excluding carboxylic acids is 1. The van der Waals surface area contributed by atoms with Crippen molar-refractivity contribution in [3.05, 3.63) is 29.8 Å². The van der Waals surface area contributed by atoms with Gasteiger partial charge in [0, 0.05) is 24.7 Å². The van der Waals surface area contributed by atoms with Crippen LogP contribution in [0.1, 0.15) is 18.9 Å². The van der Waals surface area contributed by atoms with Crippen LogP contribution in [0.3, 0.4) is 0 Å². The van der Waals surface area contributed by atoms with E-state index in [0.717, 1.165) is 6.07 Å². The Kier molecular flexibility index (Phi) is 5.42. The highest BCUT2D eigenvalue weighted by atomic mass is 19.4. The highest BCUT2D eigenvalue weighted by molar-refractivity contribution is 5.72. The Balaban J connectivity index is 2.67. The van der Waals surface area contributed by atoms with Gasteiger partial charge < -0.3 is 15.8 Å². The van der Waals surface area contributed by atoms with E-state index in [1.165, 1.54) is 19.1 Å². The van der Waals surface area contributed by atoms with Crippen LogP contribution in [0.2, 0.25) is 0 Å². The van der Waals surface area contributed by atoms with Gasteiger partial charge in [-0.1, -0.05) is 12.2 Å². The molecule has 1 aromatic carbocycles. The third-order valence-corrected chi connectivity index (χ3v) is 2.27. The van der Waals surface area contributed by atoms with Crippen LogP contribution < -0.4 is 15.8 Å². The Labute approximate surface area is 114 Å². The van der Waals surface area contributed by atoms with Crippen LogP contribution in [0.5, 0.6) is 5.75 Å². The molecule has 3 N–H and O–H groups in total. The van der Waals surface area contributed by atoms with Crippen molar-refractivity contribution in [2.75, 3.05) is 12.3 Å². The average Bonchev–Trinajstić information content (AvgIpc) is 2.30. The minimum atomic E-state index is -4.73. The molecular formula is C13H15F3N2O2. The van der Waals surface area contributed by atoms with Crippen LogP contribution >= 0.6 is 0 Å². The smallest absolute Gasteiger partial charge is 0.406 e. The van der Waals surface area contributed by atoms with E-state index >= 15 is 0 Å². The van der Waals surface area contributed by atoms with E-state index in [4.69, 9.17) is 5.73 Å². The van der Waals surface area contributed by atoms with Gasteiger partial charge in [-0.3, -0.25) is 4.79 Å². The highest BCUT2D eigenvalue weighted by Gasteiger charge is 2.31. The van der Waals surface area contributed by atoms with Crippen molar-refractivity contribution in [2.45, 2.75) is 19.7 Å². The third kappa shape index (κ3) is 6.12. The summed E-state index contributed by atoms with van der Waals surface area (Å²) in [5.41, 5.74) is 6.43. The molecule has 4 nitrogen and oxygen atoms in total. The second-order valence-corrected chi connectivity index (χ2v) is 4.01. The summed E-state index contributed by atoms with van der Waals surface area (Å²) in [5.74, 6) is -0.466. The number of hydrogen-bond donors (Lipinski definition) is 2. The Hall–Kier alpha value is -2.18. The lowest BCUT2D eigenvalue weighted by atomic mass is 10.1. The molecule has 0 unspecified atom stereocenters. The number of rotatable bonds is 5. The molecule has 0 bridgehead atoms. The number of carbonyl (C=O) groups is 1. The molecule has 1 aromatic rings. The largest absolute Gasteiger partial charge is 0.573 e. The number of nitrogens with one attached hydrogen (secondary N) is 1. The van der Waals surface area contributed by atoms with Gasteiger partial charge >= 0.3 is 6.36 Å². The fraction of sp³-hybridized carbons (Fsp3) is 0.308. The lowest BCUT2D eigenvalue weighted by molar-refractivity contribution is -0.274. The van der Waals surface area contributed by atoms with Crippen molar-refractivity contribution in [2.24, 2.45) is 0 Å². The van der Waals surface area contributed by atoms with Gasteiger partial charge in [0.05, 0.1) is 0 Å². The molecule has 0 saturated carbocycles. The minimum absolute atomic E-state index is 0.140. The number of nitrogens with two attached hydrogens (primary N) is 1. The number of ether oxygens (including phenoxy) is 1. The Morgan fingerprint density at radius 2 is 2.15 bits per heavy atom. The molecule has 0 saturated heterocycles. The molecular weight excluding hydrogens is 273 g/mol. The zero-order valence-electron chi connectivity index (χ0n) is 10.8. The van der Waals surface area contributed by atoms with Gasteiger partial charge in [0.25, 0.3) is 0 Å².